The first-order valence-corrected chi connectivity index (χ1v) is 10.5. The molecule has 0 saturated carbocycles. The van der Waals surface area contributed by atoms with Gasteiger partial charge in [-0.3, -0.25) is 0 Å². The van der Waals surface area contributed by atoms with Gasteiger partial charge in [0.1, 0.15) is 11.5 Å². The topological polar surface area (TPSA) is 86.6 Å². The second-order valence-electron chi connectivity index (χ2n) is 6.93. The molecular formula is C22H23NO4S. The Kier molecular flexibility index (Phi) is 5.72. The molecule has 0 saturated heterocycles. The fourth-order valence-electron chi connectivity index (χ4n) is 3.22. The Bertz CT molecular complexity index is 997. The third kappa shape index (κ3) is 4.35. The van der Waals surface area contributed by atoms with E-state index in [1.807, 2.05) is 0 Å². The van der Waals surface area contributed by atoms with E-state index < -0.39 is 10.0 Å². The zero-order valence-electron chi connectivity index (χ0n) is 15.7. The Labute approximate surface area is 165 Å². The van der Waals surface area contributed by atoms with Crippen molar-refractivity contribution in [2.45, 2.75) is 30.7 Å². The van der Waals surface area contributed by atoms with E-state index in [1.165, 1.54) is 0 Å². The molecule has 0 spiro atoms. The minimum atomic E-state index is -3.72. The number of phenolic OH excluding ortho intramolecular Hbond substituents is 2. The Balaban J connectivity index is 2.22. The van der Waals surface area contributed by atoms with Gasteiger partial charge in [-0.2, -0.15) is 0 Å². The van der Waals surface area contributed by atoms with E-state index in [1.54, 1.807) is 86.6 Å². The highest BCUT2D eigenvalue weighted by molar-refractivity contribution is 7.89. The van der Waals surface area contributed by atoms with Crippen molar-refractivity contribution in [3.8, 4) is 11.5 Å². The van der Waals surface area contributed by atoms with E-state index in [0.717, 1.165) is 11.1 Å². The van der Waals surface area contributed by atoms with Crippen LogP contribution in [0.1, 0.15) is 36.5 Å². The maximum Gasteiger partial charge on any atom is 0.241 e. The van der Waals surface area contributed by atoms with Crippen LogP contribution in [0, 0.1) is 0 Å². The lowest BCUT2D eigenvalue weighted by Gasteiger charge is -2.22. The highest BCUT2D eigenvalue weighted by Crippen LogP contribution is 2.36. The molecule has 28 heavy (non-hydrogen) atoms. The third-order valence-corrected chi connectivity index (χ3v) is 6.10. The molecule has 3 rings (SSSR count). The summed E-state index contributed by atoms with van der Waals surface area (Å²) in [7, 11) is -3.72. The molecule has 0 radical (unpaired) electrons. The Morgan fingerprint density at radius 3 is 1.68 bits per heavy atom. The Hall–Kier alpha value is -2.83. The molecule has 0 aliphatic rings. The number of aromatic hydroxyl groups is 2. The molecule has 0 amide bonds. The van der Waals surface area contributed by atoms with E-state index in [2.05, 4.69) is 4.72 Å². The van der Waals surface area contributed by atoms with E-state index in [4.69, 9.17) is 0 Å². The van der Waals surface area contributed by atoms with Crippen molar-refractivity contribution in [2.24, 2.45) is 0 Å². The van der Waals surface area contributed by atoms with Crippen LogP contribution in [0.25, 0.3) is 0 Å². The van der Waals surface area contributed by atoms with Gasteiger partial charge in [-0.25, -0.2) is 13.1 Å². The number of hydrogen-bond acceptors (Lipinski definition) is 4. The average Bonchev–Trinajstić information content (AvgIpc) is 2.64. The third-order valence-electron chi connectivity index (χ3n) is 4.36. The van der Waals surface area contributed by atoms with Crippen LogP contribution in [0.15, 0.2) is 77.7 Å². The maximum absolute atomic E-state index is 12.9. The number of sulfonamides is 1. The fourth-order valence-corrected chi connectivity index (χ4v) is 4.72. The number of rotatable bonds is 6. The van der Waals surface area contributed by atoms with Crippen LogP contribution in [0.5, 0.6) is 11.5 Å². The average molecular weight is 397 g/mol. The van der Waals surface area contributed by atoms with Gasteiger partial charge in [-0.1, -0.05) is 42.5 Å². The molecule has 6 heteroatoms. The monoisotopic (exact) mass is 397 g/mol. The molecule has 0 aliphatic carbocycles. The van der Waals surface area contributed by atoms with Crippen molar-refractivity contribution in [3.63, 3.8) is 0 Å². The smallest absolute Gasteiger partial charge is 0.241 e. The lowest BCUT2D eigenvalue weighted by Crippen LogP contribution is -2.31. The summed E-state index contributed by atoms with van der Waals surface area (Å²) in [5, 5.41) is 19.3. The van der Waals surface area contributed by atoms with Crippen molar-refractivity contribution in [1.82, 2.24) is 4.72 Å². The van der Waals surface area contributed by atoms with E-state index in [9.17, 15) is 18.6 Å². The van der Waals surface area contributed by atoms with Crippen molar-refractivity contribution in [3.05, 3.63) is 89.5 Å². The fraction of sp³-hybridized carbons (Fsp3) is 0.182. The lowest BCUT2D eigenvalue weighted by molar-refractivity contribution is 0.475. The van der Waals surface area contributed by atoms with Gasteiger partial charge in [0.25, 0.3) is 0 Å². The van der Waals surface area contributed by atoms with Crippen LogP contribution in [0.3, 0.4) is 0 Å². The molecule has 0 bridgehead atoms. The molecule has 0 aliphatic heterocycles. The molecule has 3 aromatic rings. The van der Waals surface area contributed by atoms with Gasteiger partial charge in [-0.15, -0.1) is 0 Å². The number of benzene rings is 3. The summed E-state index contributed by atoms with van der Waals surface area (Å²) in [6.45, 7) is 3.55. The predicted octanol–water partition coefficient (Wildman–Crippen LogP) is 3.96. The normalized spacial score (nSPS) is 11.9. The first-order valence-electron chi connectivity index (χ1n) is 8.97. The van der Waals surface area contributed by atoms with Crippen molar-refractivity contribution >= 4 is 10.0 Å². The molecule has 3 aromatic carbocycles. The molecule has 0 unspecified atom stereocenters. The highest BCUT2D eigenvalue weighted by atomic mass is 32.2. The highest BCUT2D eigenvalue weighted by Gasteiger charge is 2.26. The van der Waals surface area contributed by atoms with Gasteiger partial charge < -0.3 is 10.2 Å². The van der Waals surface area contributed by atoms with Gasteiger partial charge in [0.2, 0.25) is 10.0 Å². The second kappa shape index (κ2) is 8.04. The standard InChI is InChI=1S/C22H23NO4S/c1-15(2)23-28(26,27)21-6-4-3-5-20(21)22(16-7-11-18(24)12-8-16)17-9-13-19(25)14-10-17/h3-15,22-25H,1-2H3. The SMILES string of the molecule is CC(C)NS(=O)(=O)c1ccccc1C(c1ccc(O)cc1)c1ccc(O)cc1. The van der Waals surface area contributed by atoms with Gasteiger partial charge in [0, 0.05) is 12.0 Å². The van der Waals surface area contributed by atoms with Gasteiger partial charge >= 0.3 is 0 Å². The van der Waals surface area contributed by atoms with Crippen molar-refractivity contribution in [2.75, 3.05) is 0 Å². The summed E-state index contributed by atoms with van der Waals surface area (Å²) in [5.74, 6) is -0.118. The van der Waals surface area contributed by atoms with Crippen LogP contribution >= 0.6 is 0 Å². The summed E-state index contributed by atoms with van der Waals surface area (Å²) in [5.41, 5.74) is 2.28. The molecule has 146 valence electrons. The zero-order chi connectivity index (χ0) is 20.3. The van der Waals surface area contributed by atoms with Crippen LogP contribution in [0.4, 0.5) is 0 Å². The predicted molar refractivity (Wildman–Crippen MR) is 109 cm³/mol. The largest absolute Gasteiger partial charge is 0.508 e. The van der Waals surface area contributed by atoms with Crippen molar-refractivity contribution in [1.29, 1.82) is 0 Å². The second-order valence-corrected chi connectivity index (χ2v) is 8.61. The molecular weight excluding hydrogens is 374 g/mol. The summed E-state index contributed by atoms with van der Waals surface area (Å²) >= 11 is 0. The van der Waals surface area contributed by atoms with Gasteiger partial charge in [0.15, 0.2) is 0 Å². The molecule has 5 nitrogen and oxygen atoms in total. The first kappa shape index (κ1) is 19.9. The van der Waals surface area contributed by atoms with Crippen LogP contribution in [0.2, 0.25) is 0 Å². The van der Waals surface area contributed by atoms with Crippen molar-refractivity contribution < 1.29 is 18.6 Å². The molecule has 3 N–H and O–H groups in total. The number of hydrogen-bond donors (Lipinski definition) is 3. The van der Waals surface area contributed by atoms with Crippen LogP contribution in [-0.2, 0) is 10.0 Å². The maximum atomic E-state index is 12.9. The molecule has 0 aromatic heterocycles. The van der Waals surface area contributed by atoms with Crippen LogP contribution < -0.4 is 4.72 Å². The summed E-state index contributed by atoms with van der Waals surface area (Å²) in [4.78, 5) is 0.204. The summed E-state index contributed by atoms with van der Waals surface area (Å²) in [6.07, 6.45) is 0. The Morgan fingerprint density at radius 1 is 0.750 bits per heavy atom. The minimum Gasteiger partial charge on any atom is -0.508 e. The summed E-state index contributed by atoms with van der Waals surface area (Å²) in [6, 6.07) is 20.0. The number of nitrogens with one attached hydrogen (secondary N) is 1. The lowest BCUT2D eigenvalue weighted by atomic mass is 9.85. The van der Waals surface area contributed by atoms with E-state index >= 15 is 0 Å². The van der Waals surface area contributed by atoms with Gasteiger partial charge in [0.05, 0.1) is 4.90 Å². The van der Waals surface area contributed by atoms with E-state index in [-0.39, 0.29) is 28.4 Å². The molecule has 0 atom stereocenters. The first-order chi connectivity index (χ1) is 13.3. The number of phenols is 2. The zero-order valence-corrected chi connectivity index (χ0v) is 16.5. The molecule has 0 heterocycles. The summed E-state index contributed by atoms with van der Waals surface area (Å²) < 4.78 is 28.5. The van der Waals surface area contributed by atoms with Crippen LogP contribution in [-0.4, -0.2) is 24.7 Å². The minimum absolute atomic E-state index is 0.135. The molecule has 0 fully saturated rings. The Morgan fingerprint density at radius 2 is 1.21 bits per heavy atom. The van der Waals surface area contributed by atoms with E-state index in [0.29, 0.717) is 5.56 Å². The van der Waals surface area contributed by atoms with Gasteiger partial charge in [-0.05, 0) is 60.9 Å². The quantitative estimate of drug-likeness (QED) is 0.550.